The maximum absolute atomic E-state index is 13.0. The van der Waals surface area contributed by atoms with Crippen molar-refractivity contribution in [2.45, 2.75) is 31.1 Å². The summed E-state index contributed by atoms with van der Waals surface area (Å²) in [5.41, 5.74) is 9.91. The van der Waals surface area contributed by atoms with E-state index in [9.17, 15) is 8.42 Å². The van der Waals surface area contributed by atoms with Crippen LogP contribution in [0.25, 0.3) is 16.8 Å². The lowest BCUT2D eigenvalue weighted by Gasteiger charge is -2.19. The van der Waals surface area contributed by atoms with Crippen molar-refractivity contribution in [2.75, 3.05) is 10.5 Å². The number of nitrogens with two attached hydrogens (primary N) is 1. The predicted octanol–water partition coefficient (Wildman–Crippen LogP) is 4.02. The van der Waals surface area contributed by atoms with Gasteiger partial charge in [-0.15, -0.1) is 0 Å². The minimum atomic E-state index is -3.79. The zero-order valence-corrected chi connectivity index (χ0v) is 18.2. The highest BCUT2D eigenvalue weighted by Gasteiger charge is 2.20. The third kappa shape index (κ3) is 3.66. The first-order valence-corrected chi connectivity index (χ1v) is 11.1. The molecule has 0 saturated carbocycles. The summed E-state index contributed by atoms with van der Waals surface area (Å²) >= 11 is 0. The van der Waals surface area contributed by atoms with Gasteiger partial charge in [0.15, 0.2) is 0 Å². The molecule has 0 amide bonds. The smallest absolute Gasteiger partial charge is 0.263 e. The number of fused-ring (bicyclic) bond motifs is 1. The van der Waals surface area contributed by atoms with Gasteiger partial charge in [0.25, 0.3) is 10.0 Å². The molecule has 0 fully saturated rings. The number of anilines is 2. The molecule has 4 aromatic rings. The largest absolute Gasteiger partial charge is 0.397 e. The number of hydrogen-bond donors (Lipinski definition) is 2. The van der Waals surface area contributed by atoms with Crippen molar-refractivity contribution in [3.63, 3.8) is 0 Å². The first-order valence-electron chi connectivity index (χ1n) is 9.58. The van der Waals surface area contributed by atoms with Gasteiger partial charge in [-0.2, -0.15) is 5.10 Å². The topological polar surface area (TPSA) is 94.4 Å². The van der Waals surface area contributed by atoms with Crippen molar-refractivity contribution < 1.29 is 8.42 Å². The highest BCUT2D eigenvalue weighted by molar-refractivity contribution is 7.92. The number of benzene rings is 1. The van der Waals surface area contributed by atoms with Gasteiger partial charge in [-0.25, -0.2) is 12.9 Å². The van der Waals surface area contributed by atoms with E-state index in [0.29, 0.717) is 22.7 Å². The molecule has 0 saturated heterocycles. The van der Waals surface area contributed by atoms with Gasteiger partial charge in [-0.05, 0) is 47.4 Å². The number of nitrogens with zero attached hydrogens (tertiary/aromatic N) is 3. The quantitative estimate of drug-likeness (QED) is 0.518. The number of nitrogen functional groups attached to an aromatic ring is 1. The Labute approximate surface area is 176 Å². The molecule has 0 aliphatic carbocycles. The Kier molecular flexibility index (Phi) is 4.62. The molecule has 0 atom stereocenters. The van der Waals surface area contributed by atoms with E-state index in [2.05, 4.69) is 30.6 Å². The van der Waals surface area contributed by atoms with Gasteiger partial charge in [0.05, 0.1) is 21.8 Å². The third-order valence-electron chi connectivity index (χ3n) is 5.05. The fourth-order valence-electron chi connectivity index (χ4n) is 3.30. The lowest BCUT2D eigenvalue weighted by Crippen LogP contribution is -2.17. The van der Waals surface area contributed by atoms with Crippen molar-refractivity contribution in [2.24, 2.45) is 7.05 Å². The number of aryl methyl sites for hydroxylation is 1. The summed E-state index contributed by atoms with van der Waals surface area (Å²) in [6, 6.07) is 14.0. The monoisotopic (exact) mass is 423 g/mol. The van der Waals surface area contributed by atoms with Crippen LogP contribution in [0, 0.1) is 0 Å². The second-order valence-corrected chi connectivity index (χ2v) is 10.1. The van der Waals surface area contributed by atoms with Crippen LogP contribution < -0.4 is 10.5 Å². The molecule has 3 N–H and O–H groups in total. The van der Waals surface area contributed by atoms with Gasteiger partial charge in [-0.3, -0.25) is 4.72 Å². The average molecular weight is 424 g/mol. The van der Waals surface area contributed by atoms with Gasteiger partial charge in [0.1, 0.15) is 5.82 Å². The van der Waals surface area contributed by atoms with Crippen molar-refractivity contribution in [3.05, 3.63) is 66.5 Å². The lowest BCUT2D eigenvalue weighted by atomic mass is 9.87. The van der Waals surface area contributed by atoms with Crippen LogP contribution in [0.15, 0.2) is 65.8 Å². The molecule has 0 bridgehead atoms. The Hall–Kier alpha value is -3.26. The van der Waals surface area contributed by atoms with Crippen LogP contribution in [0.2, 0.25) is 0 Å². The standard InChI is InChI=1S/C22H25N5O2S/c1-22(2,3)16-5-7-17(8-6-16)30(28,29)25-21-10-9-18(23)20-13-19(24-27(20)21)15-11-12-26(4)14-15/h5-14,25H,23H2,1-4H3. The number of aromatic nitrogens is 3. The fraction of sp³-hybridized carbons (Fsp3) is 0.227. The van der Waals surface area contributed by atoms with Crippen LogP contribution in [-0.2, 0) is 22.5 Å². The van der Waals surface area contributed by atoms with E-state index in [0.717, 1.165) is 11.1 Å². The van der Waals surface area contributed by atoms with Gasteiger partial charge >= 0.3 is 0 Å². The van der Waals surface area contributed by atoms with Crippen LogP contribution in [0.3, 0.4) is 0 Å². The van der Waals surface area contributed by atoms with Crippen LogP contribution in [-0.4, -0.2) is 22.6 Å². The highest BCUT2D eigenvalue weighted by atomic mass is 32.2. The Balaban J connectivity index is 1.72. The summed E-state index contributed by atoms with van der Waals surface area (Å²) in [6.07, 6.45) is 3.87. The zero-order valence-electron chi connectivity index (χ0n) is 17.4. The second kappa shape index (κ2) is 6.91. The molecule has 3 heterocycles. The van der Waals surface area contributed by atoms with E-state index >= 15 is 0 Å². The summed E-state index contributed by atoms with van der Waals surface area (Å²) < 4.78 is 32.1. The van der Waals surface area contributed by atoms with Gasteiger partial charge in [0, 0.05) is 25.0 Å². The van der Waals surface area contributed by atoms with Crippen molar-refractivity contribution >= 4 is 27.0 Å². The lowest BCUT2D eigenvalue weighted by molar-refractivity contribution is 0.587. The Morgan fingerprint density at radius 2 is 1.73 bits per heavy atom. The van der Waals surface area contributed by atoms with E-state index < -0.39 is 10.0 Å². The van der Waals surface area contributed by atoms with Crippen molar-refractivity contribution in [1.29, 1.82) is 0 Å². The SMILES string of the molecule is Cn1ccc(-c2cc3c(N)ccc(NS(=O)(=O)c4ccc(C(C)(C)C)cc4)n3n2)c1. The molecule has 0 aliphatic heterocycles. The summed E-state index contributed by atoms with van der Waals surface area (Å²) in [5, 5.41) is 4.58. The molecule has 4 rings (SSSR count). The predicted molar refractivity (Wildman–Crippen MR) is 120 cm³/mol. The molecule has 0 radical (unpaired) electrons. The van der Waals surface area contributed by atoms with Crippen molar-refractivity contribution in [3.8, 4) is 11.3 Å². The minimum Gasteiger partial charge on any atom is -0.397 e. The van der Waals surface area contributed by atoms with Crippen LogP contribution in [0.5, 0.6) is 0 Å². The van der Waals surface area contributed by atoms with Crippen LogP contribution >= 0.6 is 0 Å². The second-order valence-electron chi connectivity index (χ2n) is 8.45. The molecule has 0 unspecified atom stereocenters. The summed E-state index contributed by atoms with van der Waals surface area (Å²) in [5.74, 6) is 0.321. The van der Waals surface area contributed by atoms with E-state index in [-0.39, 0.29) is 10.3 Å². The molecule has 3 aromatic heterocycles. The van der Waals surface area contributed by atoms with Gasteiger partial charge < -0.3 is 10.3 Å². The number of rotatable bonds is 4. The molecule has 0 aliphatic rings. The molecular formula is C22H25N5O2S. The fourth-order valence-corrected chi connectivity index (χ4v) is 4.34. The van der Waals surface area contributed by atoms with E-state index in [1.54, 1.807) is 24.3 Å². The first-order chi connectivity index (χ1) is 14.0. The number of hydrogen-bond acceptors (Lipinski definition) is 4. The third-order valence-corrected chi connectivity index (χ3v) is 6.42. The summed E-state index contributed by atoms with van der Waals surface area (Å²) in [4.78, 5) is 0.191. The average Bonchev–Trinajstić information content (AvgIpc) is 3.30. The summed E-state index contributed by atoms with van der Waals surface area (Å²) in [6.45, 7) is 6.26. The number of pyridine rings is 1. The van der Waals surface area contributed by atoms with Crippen molar-refractivity contribution in [1.82, 2.24) is 14.2 Å². The highest BCUT2D eigenvalue weighted by Crippen LogP contribution is 2.28. The van der Waals surface area contributed by atoms with Crippen LogP contribution in [0.1, 0.15) is 26.3 Å². The normalized spacial score (nSPS) is 12.4. The molecular weight excluding hydrogens is 398 g/mol. The maximum atomic E-state index is 13.0. The first kappa shape index (κ1) is 20.0. The molecule has 30 heavy (non-hydrogen) atoms. The molecule has 8 heteroatoms. The Bertz CT molecular complexity index is 1330. The zero-order chi connectivity index (χ0) is 21.7. The molecule has 1 aromatic carbocycles. The van der Waals surface area contributed by atoms with E-state index in [4.69, 9.17) is 5.73 Å². The Morgan fingerprint density at radius 1 is 1.03 bits per heavy atom. The van der Waals surface area contributed by atoms with Gasteiger partial charge in [-0.1, -0.05) is 32.9 Å². The maximum Gasteiger partial charge on any atom is 0.263 e. The van der Waals surface area contributed by atoms with E-state index in [1.165, 1.54) is 4.52 Å². The Morgan fingerprint density at radius 3 is 2.33 bits per heavy atom. The van der Waals surface area contributed by atoms with Crippen LogP contribution in [0.4, 0.5) is 11.5 Å². The molecule has 156 valence electrons. The number of sulfonamides is 1. The molecule has 7 nitrogen and oxygen atoms in total. The molecule has 0 spiro atoms. The summed E-state index contributed by atoms with van der Waals surface area (Å²) in [7, 11) is -1.86. The van der Waals surface area contributed by atoms with E-state index in [1.807, 2.05) is 48.3 Å². The number of nitrogens with one attached hydrogen (secondary N) is 1. The minimum absolute atomic E-state index is 0.0538. The van der Waals surface area contributed by atoms with Gasteiger partial charge in [0.2, 0.25) is 0 Å².